The quantitative estimate of drug-likeness (QED) is 0.439. The van der Waals surface area contributed by atoms with Crippen LogP contribution in [0.25, 0.3) is 0 Å². The van der Waals surface area contributed by atoms with Crippen LogP contribution in [0.5, 0.6) is 11.5 Å². The molecule has 3 rings (SSSR count). The zero-order valence-corrected chi connectivity index (χ0v) is 15.0. The van der Waals surface area contributed by atoms with Gasteiger partial charge in [0.15, 0.2) is 17.6 Å². The number of nitro groups is 1. The Balaban J connectivity index is 1.48. The lowest BCUT2D eigenvalue weighted by Crippen LogP contribution is -2.42. The monoisotopic (exact) mass is 374 g/mol. The minimum absolute atomic E-state index is 0.0347. The van der Waals surface area contributed by atoms with Gasteiger partial charge in [-0.3, -0.25) is 14.9 Å². The Morgan fingerprint density at radius 2 is 1.92 bits per heavy atom. The second-order valence-corrected chi connectivity index (χ2v) is 6.86. The fourth-order valence-electron chi connectivity index (χ4n) is 2.48. The van der Waals surface area contributed by atoms with Gasteiger partial charge in [0, 0.05) is 24.1 Å². The van der Waals surface area contributed by atoms with Gasteiger partial charge in [-0.05, 0) is 24.3 Å². The van der Waals surface area contributed by atoms with E-state index in [-0.39, 0.29) is 23.5 Å². The van der Waals surface area contributed by atoms with E-state index in [2.05, 4.69) is 0 Å². The largest absolute Gasteiger partial charge is 0.486 e. The second kappa shape index (κ2) is 8.09. The Morgan fingerprint density at radius 1 is 1.23 bits per heavy atom. The van der Waals surface area contributed by atoms with Crippen LogP contribution < -0.4 is 9.47 Å². The lowest BCUT2D eigenvalue weighted by atomic mass is 10.2. The summed E-state index contributed by atoms with van der Waals surface area (Å²) in [6, 6.07) is 13.6. The number of hydrogen-bond donors (Lipinski definition) is 0. The summed E-state index contributed by atoms with van der Waals surface area (Å²) in [6.45, 7) is 0.818. The second-order valence-electron chi connectivity index (χ2n) is 5.81. The molecule has 2 aromatic carbocycles. The van der Waals surface area contributed by atoms with Crippen molar-refractivity contribution < 1.29 is 19.2 Å². The predicted octanol–water partition coefficient (Wildman–Crippen LogP) is 2.99. The van der Waals surface area contributed by atoms with Crippen molar-refractivity contribution in [1.29, 1.82) is 0 Å². The molecule has 0 unspecified atom stereocenters. The Bertz CT molecular complexity index is 796. The molecule has 136 valence electrons. The van der Waals surface area contributed by atoms with Crippen molar-refractivity contribution >= 4 is 23.4 Å². The molecule has 0 saturated heterocycles. The first kappa shape index (κ1) is 18.1. The smallest absolute Gasteiger partial charge is 0.269 e. The highest BCUT2D eigenvalue weighted by molar-refractivity contribution is 8.00. The van der Waals surface area contributed by atoms with Crippen LogP contribution in [0, 0.1) is 10.1 Å². The number of fused-ring (bicyclic) bond motifs is 1. The van der Waals surface area contributed by atoms with Gasteiger partial charge < -0.3 is 14.4 Å². The number of para-hydroxylation sites is 2. The number of rotatable bonds is 6. The van der Waals surface area contributed by atoms with Crippen molar-refractivity contribution in [2.24, 2.45) is 0 Å². The number of ether oxygens (including phenoxy) is 2. The van der Waals surface area contributed by atoms with Gasteiger partial charge >= 0.3 is 0 Å². The van der Waals surface area contributed by atoms with E-state index in [1.807, 2.05) is 24.3 Å². The number of amides is 1. The molecule has 0 radical (unpaired) electrons. The molecule has 8 heteroatoms. The van der Waals surface area contributed by atoms with E-state index in [4.69, 9.17) is 9.47 Å². The van der Waals surface area contributed by atoms with Crippen molar-refractivity contribution in [2.75, 3.05) is 26.0 Å². The Labute approximate surface area is 155 Å². The van der Waals surface area contributed by atoms with E-state index in [0.29, 0.717) is 24.7 Å². The molecule has 0 N–H and O–H groups in total. The molecular weight excluding hydrogens is 356 g/mol. The fraction of sp³-hybridized carbons (Fsp3) is 0.278. The van der Waals surface area contributed by atoms with Crippen LogP contribution in [0.2, 0.25) is 0 Å². The van der Waals surface area contributed by atoms with Crippen molar-refractivity contribution in [1.82, 2.24) is 4.90 Å². The number of nitrogens with zero attached hydrogens (tertiary/aromatic N) is 2. The number of carbonyl (C=O) groups excluding carboxylic acids is 1. The molecule has 0 aliphatic carbocycles. The van der Waals surface area contributed by atoms with Gasteiger partial charge in [0.2, 0.25) is 5.91 Å². The Hall–Kier alpha value is -2.74. The first-order valence-corrected chi connectivity index (χ1v) is 9.01. The lowest BCUT2D eigenvalue weighted by Gasteiger charge is -2.29. The van der Waals surface area contributed by atoms with Gasteiger partial charge in [-0.15, -0.1) is 11.8 Å². The van der Waals surface area contributed by atoms with Crippen LogP contribution in [0.15, 0.2) is 53.4 Å². The van der Waals surface area contributed by atoms with Crippen molar-refractivity contribution in [3.8, 4) is 11.5 Å². The molecule has 0 aromatic heterocycles. The van der Waals surface area contributed by atoms with Gasteiger partial charge in [0.25, 0.3) is 5.69 Å². The van der Waals surface area contributed by atoms with Crippen LogP contribution in [0.1, 0.15) is 0 Å². The van der Waals surface area contributed by atoms with E-state index in [1.165, 1.54) is 23.9 Å². The minimum atomic E-state index is -0.447. The topological polar surface area (TPSA) is 81.9 Å². The van der Waals surface area contributed by atoms with E-state index in [1.54, 1.807) is 24.1 Å². The summed E-state index contributed by atoms with van der Waals surface area (Å²) in [4.78, 5) is 24.9. The van der Waals surface area contributed by atoms with Crippen LogP contribution >= 0.6 is 11.8 Å². The maximum absolute atomic E-state index is 12.3. The minimum Gasteiger partial charge on any atom is -0.486 e. The Morgan fingerprint density at radius 3 is 2.62 bits per heavy atom. The summed E-state index contributed by atoms with van der Waals surface area (Å²) in [5.41, 5.74) is 0.0347. The molecule has 0 fully saturated rings. The third-order valence-corrected chi connectivity index (χ3v) is 4.88. The molecule has 2 aromatic rings. The molecule has 0 saturated carbocycles. The highest BCUT2D eigenvalue weighted by Crippen LogP contribution is 2.31. The number of carbonyl (C=O) groups is 1. The molecule has 1 amide bonds. The summed E-state index contributed by atoms with van der Waals surface area (Å²) < 4.78 is 11.5. The highest BCUT2D eigenvalue weighted by Gasteiger charge is 2.23. The highest BCUT2D eigenvalue weighted by atomic mass is 32.2. The first-order valence-electron chi connectivity index (χ1n) is 8.02. The van der Waals surface area contributed by atoms with Gasteiger partial charge in [-0.2, -0.15) is 0 Å². The molecule has 0 bridgehead atoms. The molecule has 1 atom stereocenters. The normalized spacial score (nSPS) is 15.3. The average molecular weight is 374 g/mol. The standard InChI is InChI=1S/C18H18N2O5S/c1-19(10-14-11-24-16-4-2-3-5-17(16)25-14)18(21)12-26-15-8-6-13(7-9-15)20(22)23/h2-9,14H,10-12H2,1H3/t14-/m0/s1. The number of thioether (sulfide) groups is 1. The Kier molecular flexibility index (Phi) is 5.62. The van der Waals surface area contributed by atoms with Crippen molar-refractivity contribution in [3.63, 3.8) is 0 Å². The van der Waals surface area contributed by atoms with E-state index in [9.17, 15) is 14.9 Å². The van der Waals surface area contributed by atoms with Crippen molar-refractivity contribution in [3.05, 3.63) is 58.6 Å². The summed E-state index contributed by atoms with van der Waals surface area (Å²) in [5, 5.41) is 10.6. The van der Waals surface area contributed by atoms with Gasteiger partial charge in [-0.25, -0.2) is 0 Å². The van der Waals surface area contributed by atoms with Crippen LogP contribution in [0.3, 0.4) is 0 Å². The van der Waals surface area contributed by atoms with E-state index in [0.717, 1.165) is 4.90 Å². The number of nitro benzene ring substituents is 1. The average Bonchev–Trinajstić information content (AvgIpc) is 2.66. The van der Waals surface area contributed by atoms with Gasteiger partial charge in [0.1, 0.15) is 6.61 Å². The third kappa shape index (κ3) is 4.45. The van der Waals surface area contributed by atoms with Crippen LogP contribution in [-0.4, -0.2) is 47.8 Å². The number of likely N-dealkylation sites (N-methyl/N-ethyl adjacent to an activating group) is 1. The molecule has 26 heavy (non-hydrogen) atoms. The van der Waals surface area contributed by atoms with E-state index < -0.39 is 4.92 Å². The number of benzene rings is 2. The first-order chi connectivity index (χ1) is 12.5. The van der Waals surface area contributed by atoms with Crippen molar-refractivity contribution in [2.45, 2.75) is 11.0 Å². The number of non-ortho nitro benzene ring substituents is 1. The number of hydrogen-bond acceptors (Lipinski definition) is 6. The van der Waals surface area contributed by atoms with Gasteiger partial charge in [0.05, 0.1) is 17.2 Å². The predicted molar refractivity (Wildman–Crippen MR) is 97.8 cm³/mol. The lowest BCUT2D eigenvalue weighted by molar-refractivity contribution is -0.384. The molecule has 0 spiro atoms. The third-order valence-electron chi connectivity index (χ3n) is 3.88. The molecular formula is C18H18N2O5S. The summed E-state index contributed by atoms with van der Waals surface area (Å²) >= 11 is 1.34. The summed E-state index contributed by atoms with van der Waals surface area (Å²) in [5.74, 6) is 1.60. The summed E-state index contributed by atoms with van der Waals surface area (Å²) in [7, 11) is 1.72. The van der Waals surface area contributed by atoms with E-state index >= 15 is 0 Å². The van der Waals surface area contributed by atoms with Gasteiger partial charge in [-0.1, -0.05) is 12.1 Å². The SMILES string of the molecule is CN(C[C@H]1COc2ccccc2O1)C(=O)CSc1ccc([N+](=O)[O-])cc1. The maximum atomic E-state index is 12.3. The zero-order chi connectivity index (χ0) is 18.5. The summed E-state index contributed by atoms with van der Waals surface area (Å²) in [6.07, 6.45) is -0.219. The molecule has 7 nitrogen and oxygen atoms in total. The molecule has 1 heterocycles. The van der Waals surface area contributed by atoms with Crippen LogP contribution in [0.4, 0.5) is 5.69 Å². The molecule has 1 aliphatic rings. The zero-order valence-electron chi connectivity index (χ0n) is 14.2. The van der Waals surface area contributed by atoms with Crippen LogP contribution in [-0.2, 0) is 4.79 Å². The molecule has 1 aliphatic heterocycles. The maximum Gasteiger partial charge on any atom is 0.269 e. The fourth-order valence-corrected chi connectivity index (χ4v) is 3.32.